The predicted molar refractivity (Wildman–Crippen MR) is 75.9 cm³/mol. The number of nitrogens with one attached hydrogen (secondary N) is 1. The highest BCUT2D eigenvalue weighted by atomic mass is 79.9. The molecule has 4 nitrogen and oxygen atoms in total. The molecule has 1 amide bonds. The molecular weight excluding hydrogens is 296 g/mol. The summed E-state index contributed by atoms with van der Waals surface area (Å²) in [5, 5.41) is 3.80. The van der Waals surface area contributed by atoms with Gasteiger partial charge >= 0.3 is 0 Å². The van der Waals surface area contributed by atoms with E-state index in [9.17, 15) is 4.79 Å². The highest BCUT2D eigenvalue weighted by molar-refractivity contribution is 9.10. The van der Waals surface area contributed by atoms with Crippen LogP contribution >= 0.6 is 15.9 Å². The molecule has 0 radical (unpaired) electrons. The molecule has 98 valence electrons. The van der Waals surface area contributed by atoms with Gasteiger partial charge in [0.2, 0.25) is 5.91 Å². The number of ether oxygens (including phenoxy) is 1. The lowest BCUT2D eigenvalue weighted by Gasteiger charge is -2.14. The van der Waals surface area contributed by atoms with Crippen molar-refractivity contribution >= 4 is 28.1 Å². The first-order chi connectivity index (χ1) is 8.52. The fourth-order valence-electron chi connectivity index (χ4n) is 1.19. The Labute approximate surface area is 116 Å². The van der Waals surface area contributed by atoms with E-state index >= 15 is 0 Å². The van der Waals surface area contributed by atoms with Gasteiger partial charge in [-0.2, -0.15) is 5.10 Å². The van der Waals surface area contributed by atoms with Gasteiger partial charge in [0.25, 0.3) is 0 Å². The van der Waals surface area contributed by atoms with E-state index in [-0.39, 0.29) is 12.0 Å². The molecule has 0 aromatic heterocycles. The molecule has 1 atom stereocenters. The average molecular weight is 313 g/mol. The molecule has 0 aliphatic heterocycles. The van der Waals surface area contributed by atoms with Crippen LogP contribution in [0.3, 0.4) is 0 Å². The van der Waals surface area contributed by atoms with Crippen molar-refractivity contribution in [2.45, 2.75) is 33.3 Å². The van der Waals surface area contributed by atoms with Crippen molar-refractivity contribution in [3.05, 3.63) is 28.2 Å². The summed E-state index contributed by atoms with van der Waals surface area (Å²) in [6.07, 6.45) is 2.72. The summed E-state index contributed by atoms with van der Waals surface area (Å²) < 4.78 is 6.60. The standard InChI is InChI=1S/C13H17BrN2O2/c1-4-9(2)18-13-6-5-11(7-12(13)14)8-15-16-10(3)17/h5-9H,4H2,1-3H3,(H,16,17)/b15-8-/t9-/m0/s1. The van der Waals surface area contributed by atoms with Gasteiger partial charge in [-0.1, -0.05) is 6.92 Å². The van der Waals surface area contributed by atoms with Crippen LogP contribution in [0.2, 0.25) is 0 Å². The number of halogens is 1. The molecule has 1 aromatic carbocycles. The van der Waals surface area contributed by atoms with E-state index < -0.39 is 0 Å². The summed E-state index contributed by atoms with van der Waals surface area (Å²) in [6.45, 7) is 5.52. The second-order valence-electron chi connectivity index (χ2n) is 3.95. The number of hydrazone groups is 1. The SMILES string of the molecule is CC[C@H](C)Oc1ccc(/C=N\NC(C)=O)cc1Br. The lowest BCUT2D eigenvalue weighted by atomic mass is 10.2. The molecule has 0 spiro atoms. The van der Waals surface area contributed by atoms with Crippen LogP contribution in [0, 0.1) is 0 Å². The summed E-state index contributed by atoms with van der Waals surface area (Å²) in [5.74, 6) is 0.614. The van der Waals surface area contributed by atoms with Crippen LogP contribution in [-0.2, 0) is 4.79 Å². The largest absolute Gasteiger partial charge is 0.490 e. The first-order valence-electron chi connectivity index (χ1n) is 5.78. The number of nitrogens with zero attached hydrogens (tertiary/aromatic N) is 1. The Hall–Kier alpha value is -1.36. The normalized spacial score (nSPS) is 12.4. The summed E-state index contributed by atoms with van der Waals surface area (Å²) in [7, 11) is 0. The lowest BCUT2D eigenvalue weighted by molar-refractivity contribution is -0.118. The summed E-state index contributed by atoms with van der Waals surface area (Å²) in [5.41, 5.74) is 3.23. The van der Waals surface area contributed by atoms with E-state index in [1.165, 1.54) is 6.92 Å². The second-order valence-corrected chi connectivity index (χ2v) is 4.81. The molecule has 0 bridgehead atoms. The number of rotatable bonds is 5. The van der Waals surface area contributed by atoms with E-state index in [4.69, 9.17) is 4.74 Å². The summed E-state index contributed by atoms with van der Waals surface area (Å²) in [4.78, 5) is 10.7. The van der Waals surface area contributed by atoms with Crippen LogP contribution in [0.1, 0.15) is 32.8 Å². The molecule has 1 N–H and O–H groups in total. The molecule has 0 aliphatic carbocycles. The third-order valence-electron chi connectivity index (χ3n) is 2.29. The predicted octanol–water partition coefficient (Wildman–Crippen LogP) is 3.10. The van der Waals surface area contributed by atoms with E-state index in [1.54, 1.807) is 6.21 Å². The van der Waals surface area contributed by atoms with Crippen molar-refractivity contribution in [2.24, 2.45) is 5.10 Å². The molecule has 0 saturated heterocycles. The van der Waals surface area contributed by atoms with Crippen LogP contribution in [0.4, 0.5) is 0 Å². The molecule has 1 rings (SSSR count). The van der Waals surface area contributed by atoms with E-state index in [1.807, 2.05) is 25.1 Å². The molecule has 0 heterocycles. The van der Waals surface area contributed by atoms with Gasteiger partial charge in [0.15, 0.2) is 0 Å². The Morgan fingerprint density at radius 2 is 2.33 bits per heavy atom. The minimum absolute atomic E-state index is 0.181. The van der Waals surface area contributed by atoms with Gasteiger partial charge in [-0.25, -0.2) is 5.43 Å². The molecule has 0 fully saturated rings. The smallest absolute Gasteiger partial charge is 0.236 e. The quantitative estimate of drug-likeness (QED) is 0.671. The molecule has 18 heavy (non-hydrogen) atoms. The van der Waals surface area contributed by atoms with E-state index in [0.29, 0.717) is 0 Å². The number of hydrogen-bond acceptors (Lipinski definition) is 3. The molecule has 5 heteroatoms. The van der Waals surface area contributed by atoms with Crippen molar-refractivity contribution in [3.63, 3.8) is 0 Å². The summed E-state index contributed by atoms with van der Waals surface area (Å²) >= 11 is 3.45. The Morgan fingerprint density at radius 1 is 1.61 bits per heavy atom. The van der Waals surface area contributed by atoms with Crippen molar-refractivity contribution in [3.8, 4) is 5.75 Å². The maximum absolute atomic E-state index is 10.7. The molecule has 1 aromatic rings. The zero-order valence-electron chi connectivity index (χ0n) is 10.7. The molecule has 0 unspecified atom stereocenters. The molecule has 0 saturated carbocycles. The van der Waals surface area contributed by atoms with Gasteiger partial charge in [0, 0.05) is 6.92 Å². The van der Waals surface area contributed by atoms with Gasteiger partial charge in [0.05, 0.1) is 16.8 Å². The number of hydrogen-bond donors (Lipinski definition) is 1. The fourth-order valence-corrected chi connectivity index (χ4v) is 1.68. The molecule has 0 aliphatic rings. The van der Waals surface area contributed by atoms with Crippen LogP contribution in [0.5, 0.6) is 5.75 Å². The first kappa shape index (κ1) is 14.7. The third-order valence-corrected chi connectivity index (χ3v) is 2.91. The van der Waals surface area contributed by atoms with Gasteiger partial charge in [0.1, 0.15) is 5.75 Å². The average Bonchev–Trinajstić information content (AvgIpc) is 2.32. The third kappa shape index (κ3) is 4.87. The van der Waals surface area contributed by atoms with Crippen LogP contribution in [-0.4, -0.2) is 18.2 Å². The number of carbonyl (C=O) groups excluding carboxylic acids is 1. The van der Waals surface area contributed by atoms with Crippen molar-refractivity contribution in [1.29, 1.82) is 0 Å². The minimum atomic E-state index is -0.193. The van der Waals surface area contributed by atoms with Crippen LogP contribution in [0.25, 0.3) is 0 Å². The second kappa shape index (κ2) is 7.16. The van der Waals surface area contributed by atoms with Gasteiger partial charge in [-0.15, -0.1) is 0 Å². The van der Waals surface area contributed by atoms with Crippen molar-refractivity contribution in [1.82, 2.24) is 5.43 Å². The van der Waals surface area contributed by atoms with Gasteiger partial charge < -0.3 is 4.74 Å². The number of carbonyl (C=O) groups is 1. The molecular formula is C13H17BrN2O2. The van der Waals surface area contributed by atoms with E-state index in [0.717, 1.165) is 22.2 Å². The Bertz CT molecular complexity index is 447. The number of amides is 1. The lowest BCUT2D eigenvalue weighted by Crippen LogP contribution is -2.12. The van der Waals surface area contributed by atoms with Gasteiger partial charge in [-0.05, 0) is 53.0 Å². The monoisotopic (exact) mass is 312 g/mol. The zero-order valence-corrected chi connectivity index (χ0v) is 12.3. The fraction of sp³-hybridized carbons (Fsp3) is 0.385. The minimum Gasteiger partial charge on any atom is -0.490 e. The van der Waals surface area contributed by atoms with Gasteiger partial charge in [-0.3, -0.25) is 4.79 Å². The van der Waals surface area contributed by atoms with Crippen molar-refractivity contribution < 1.29 is 9.53 Å². The van der Waals surface area contributed by atoms with Crippen LogP contribution < -0.4 is 10.2 Å². The Balaban J connectivity index is 2.73. The zero-order chi connectivity index (χ0) is 13.5. The number of benzene rings is 1. The maximum atomic E-state index is 10.7. The first-order valence-corrected chi connectivity index (χ1v) is 6.58. The Morgan fingerprint density at radius 3 is 2.89 bits per heavy atom. The topological polar surface area (TPSA) is 50.7 Å². The maximum Gasteiger partial charge on any atom is 0.236 e. The van der Waals surface area contributed by atoms with E-state index in [2.05, 4.69) is 33.4 Å². The summed E-state index contributed by atoms with van der Waals surface area (Å²) in [6, 6.07) is 5.65. The van der Waals surface area contributed by atoms with Crippen molar-refractivity contribution in [2.75, 3.05) is 0 Å². The Kier molecular flexibility index (Phi) is 5.85. The van der Waals surface area contributed by atoms with Crippen LogP contribution in [0.15, 0.2) is 27.8 Å². The highest BCUT2D eigenvalue weighted by Crippen LogP contribution is 2.26. The highest BCUT2D eigenvalue weighted by Gasteiger charge is 2.05.